The molecule has 1 N–H and O–H groups in total. The third-order valence-corrected chi connectivity index (χ3v) is 7.75. The number of nitrogens with zero attached hydrogens (tertiary/aromatic N) is 1. The lowest BCUT2D eigenvalue weighted by Crippen LogP contribution is -2.75. The molecule has 1 fully saturated rings. The number of fused-ring (bicyclic) bond motifs is 1. The van der Waals surface area contributed by atoms with Crippen LogP contribution in [-0.2, 0) is 42.0 Å². The van der Waals surface area contributed by atoms with E-state index in [0.29, 0.717) is 0 Å². The number of rotatable bonds is 7. The lowest BCUT2D eigenvalue weighted by molar-refractivity contribution is -0.153. The van der Waals surface area contributed by atoms with Crippen molar-refractivity contribution >= 4 is 39.2 Å². The molecular weight excluding hydrogens is 468 g/mol. The summed E-state index contributed by atoms with van der Waals surface area (Å²) in [6, 6.07) is 16.5. The van der Waals surface area contributed by atoms with Gasteiger partial charge in [-0.2, -0.15) is 0 Å². The van der Waals surface area contributed by atoms with Gasteiger partial charge in [-0.1, -0.05) is 60.7 Å². The fourth-order valence-electron chi connectivity index (χ4n) is 3.91. The summed E-state index contributed by atoms with van der Waals surface area (Å²) in [7, 11) is -3.88. The molecule has 33 heavy (non-hydrogen) atoms. The van der Waals surface area contributed by atoms with E-state index in [9.17, 15) is 22.8 Å². The van der Waals surface area contributed by atoms with Crippen molar-refractivity contribution in [3.63, 3.8) is 0 Å². The summed E-state index contributed by atoms with van der Waals surface area (Å²) in [6.45, 7) is -0.0462. The maximum atomic E-state index is 12.9. The van der Waals surface area contributed by atoms with Crippen LogP contribution in [0.4, 0.5) is 0 Å². The smallest absolute Gasteiger partial charge is 0.355 e. The molecule has 0 aromatic heterocycles. The Hall–Kier alpha value is -3.17. The van der Waals surface area contributed by atoms with Gasteiger partial charge in [-0.05, 0) is 16.7 Å². The highest BCUT2D eigenvalue weighted by atomic mass is 35.5. The van der Waals surface area contributed by atoms with Gasteiger partial charge in [0, 0.05) is 5.88 Å². The zero-order valence-electron chi connectivity index (χ0n) is 17.4. The molecular formula is C23H21ClN2O6S. The fourth-order valence-corrected chi connectivity index (χ4v) is 6.27. The second-order valence-corrected chi connectivity index (χ2v) is 10.1. The molecule has 2 atom stereocenters. The summed E-state index contributed by atoms with van der Waals surface area (Å²) >= 11 is 5.92. The molecule has 10 heteroatoms. The highest BCUT2D eigenvalue weighted by molar-refractivity contribution is 7.92. The molecule has 2 amide bonds. The van der Waals surface area contributed by atoms with Crippen molar-refractivity contribution in [2.75, 3.05) is 11.6 Å². The summed E-state index contributed by atoms with van der Waals surface area (Å²) < 4.78 is 31.1. The van der Waals surface area contributed by atoms with Crippen molar-refractivity contribution in [2.24, 2.45) is 0 Å². The van der Waals surface area contributed by atoms with Gasteiger partial charge in [0.15, 0.2) is 15.2 Å². The van der Waals surface area contributed by atoms with E-state index < -0.39 is 44.8 Å². The van der Waals surface area contributed by atoms with E-state index >= 15 is 0 Å². The molecule has 0 aliphatic carbocycles. The standard InChI is InChI=1S/C23H21ClN2O6S/c24-12-17-14-33(30,31)22-19(25-18(27)11-15-7-3-1-4-8-15)21(28)26(22)20(17)23(29)32-13-16-9-5-2-6-10-16/h1-10,19,22H,11-14H2,(H,25,27)/t19-,22-/m1/s1. The van der Waals surface area contributed by atoms with Gasteiger partial charge in [-0.3, -0.25) is 14.5 Å². The number of sulfone groups is 1. The first-order valence-electron chi connectivity index (χ1n) is 10.2. The molecule has 4 rings (SSSR count). The number of carbonyl (C=O) groups is 3. The van der Waals surface area contributed by atoms with Gasteiger partial charge < -0.3 is 10.1 Å². The van der Waals surface area contributed by atoms with E-state index in [1.807, 2.05) is 12.1 Å². The molecule has 2 aliphatic rings. The predicted octanol–water partition coefficient (Wildman–Crippen LogP) is 1.55. The maximum absolute atomic E-state index is 12.9. The third kappa shape index (κ3) is 4.65. The van der Waals surface area contributed by atoms with E-state index in [4.69, 9.17) is 16.3 Å². The van der Waals surface area contributed by atoms with Crippen molar-refractivity contribution in [3.05, 3.63) is 83.1 Å². The first-order valence-corrected chi connectivity index (χ1v) is 12.4. The Kier molecular flexibility index (Phi) is 6.53. The number of halogens is 1. The van der Waals surface area contributed by atoms with Crippen LogP contribution in [-0.4, -0.2) is 54.1 Å². The minimum Gasteiger partial charge on any atom is -0.456 e. The number of benzene rings is 2. The normalized spacial score (nSPS) is 21.1. The largest absolute Gasteiger partial charge is 0.456 e. The summed E-state index contributed by atoms with van der Waals surface area (Å²) in [6.07, 6.45) is -0.00781. The molecule has 2 aromatic rings. The summed E-state index contributed by atoms with van der Waals surface area (Å²) in [5.41, 5.74) is 1.38. The van der Waals surface area contributed by atoms with Gasteiger partial charge in [0.2, 0.25) is 5.91 Å². The Morgan fingerprint density at radius 2 is 1.64 bits per heavy atom. The van der Waals surface area contributed by atoms with Crippen LogP contribution in [0.2, 0.25) is 0 Å². The summed E-state index contributed by atoms with van der Waals surface area (Å²) in [4.78, 5) is 39.1. The Labute approximate surface area is 196 Å². The number of hydrogen-bond acceptors (Lipinski definition) is 6. The highest BCUT2D eigenvalue weighted by Gasteiger charge is 2.60. The molecule has 0 spiro atoms. The zero-order chi connectivity index (χ0) is 23.6. The molecule has 0 unspecified atom stereocenters. The second-order valence-electron chi connectivity index (χ2n) is 7.76. The molecule has 1 saturated heterocycles. The quantitative estimate of drug-likeness (QED) is 0.360. The first kappa shape index (κ1) is 23.0. The fraction of sp³-hybridized carbons (Fsp3) is 0.261. The van der Waals surface area contributed by atoms with Crippen molar-refractivity contribution < 1.29 is 27.5 Å². The van der Waals surface area contributed by atoms with Crippen LogP contribution in [0.3, 0.4) is 0 Å². The van der Waals surface area contributed by atoms with Gasteiger partial charge >= 0.3 is 5.97 Å². The number of ether oxygens (including phenoxy) is 1. The number of amides is 2. The number of β-lactam (4-membered cyclic amide) rings is 1. The Morgan fingerprint density at radius 3 is 2.24 bits per heavy atom. The van der Waals surface area contributed by atoms with Crippen LogP contribution in [0.25, 0.3) is 0 Å². The number of carbonyl (C=O) groups excluding carboxylic acids is 3. The first-order chi connectivity index (χ1) is 15.8. The van der Waals surface area contributed by atoms with Crippen LogP contribution in [0.15, 0.2) is 71.9 Å². The van der Waals surface area contributed by atoms with E-state index in [-0.39, 0.29) is 30.2 Å². The second kappa shape index (κ2) is 9.36. The van der Waals surface area contributed by atoms with Crippen LogP contribution in [0.5, 0.6) is 0 Å². The number of hydrogen-bond donors (Lipinski definition) is 1. The molecule has 0 bridgehead atoms. The van der Waals surface area contributed by atoms with Crippen molar-refractivity contribution in [1.82, 2.24) is 10.2 Å². The van der Waals surface area contributed by atoms with E-state index in [1.165, 1.54) is 0 Å². The number of esters is 1. The van der Waals surface area contributed by atoms with Crippen LogP contribution >= 0.6 is 11.6 Å². The maximum Gasteiger partial charge on any atom is 0.355 e. The lowest BCUT2D eigenvalue weighted by atomic mass is 10.0. The summed E-state index contributed by atoms with van der Waals surface area (Å²) in [5, 5.41) is 1.12. The van der Waals surface area contributed by atoms with E-state index in [0.717, 1.165) is 16.0 Å². The molecule has 0 saturated carbocycles. The van der Waals surface area contributed by atoms with E-state index in [2.05, 4.69) is 5.32 Å². The van der Waals surface area contributed by atoms with Crippen LogP contribution in [0.1, 0.15) is 11.1 Å². The van der Waals surface area contributed by atoms with E-state index in [1.54, 1.807) is 48.5 Å². The monoisotopic (exact) mass is 488 g/mol. The minimum atomic E-state index is -3.88. The number of alkyl halides is 1. The van der Waals surface area contributed by atoms with Gasteiger partial charge in [0.05, 0.1) is 12.2 Å². The van der Waals surface area contributed by atoms with Crippen LogP contribution in [0, 0.1) is 0 Å². The summed E-state index contributed by atoms with van der Waals surface area (Å²) in [5.74, 6) is -2.77. The zero-order valence-corrected chi connectivity index (χ0v) is 19.0. The number of nitrogens with one attached hydrogen (secondary N) is 1. The SMILES string of the molecule is O=C(Cc1ccccc1)N[C@@H]1C(=O)N2C(C(=O)OCc3ccccc3)=C(CCl)CS(=O)(=O)[C@H]12. The van der Waals surface area contributed by atoms with Gasteiger partial charge in [0.1, 0.15) is 18.3 Å². The molecule has 172 valence electrons. The molecule has 2 aliphatic heterocycles. The molecule has 2 heterocycles. The van der Waals surface area contributed by atoms with Crippen molar-refractivity contribution in [3.8, 4) is 0 Å². The lowest BCUT2D eigenvalue weighted by Gasteiger charge is -2.49. The van der Waals surface area contributed by atoms with Crippen molar-refractivity contribution in [1.29, 1.82) is 0 Å². The van der Waals surface area contributed by atoms with Crippen LogP contribution < -0.4 is 5.32 Å². The molecule has 2 aromatic carbocycles. The molecule has 0 radical (unpaired) electrons. The minimum absolute atomic E-state index is 0.00781. The Bertz CT molecular complexity index is 1210. The highest BCUT2D eigenvalue weighted by Crippen LogP contribution is 2.37. The van der Waals surface area contributed by atoms with Crippen molar-refractivity contribution in [2.45, 2.75) is 24.4 Å². The van der Waals surface area contributed by atoms with Gasteiger partial charge in [-0.25, -0.2) is 13.2 Å². The predicted molar refractivity (Wildman–Crippen MR) is 120 cm³/mol. The Balaban J connectivity index is 1.52. The third-order valence-electron chi connectivity index (χ3n) is 5.45. The molecule has 8 nitrogen and oxygen atoms in total. The average Bonchev–Trinajstić information content (AvgIpc) is 2.81. The van der Waals surface area contributed by atoms with Gasteiger partial charge in [0.25, 0.3) is 5.91 Å². The average molecular weight is 489 g/mol. The topological polar surface area (TPSA) is 110 Å². The Morgan fingerprint density at radius 1 is 1.03 bits per heavy atom. The van der Waals surface area contributed by atoms with Gasteiger partial charge in [-0.15, -0.1) is 11.6 Å².